The van der Waals surface area contributed by atoms with Gasteiger partial charge in [-0.05, 0) is 38.0 Å². The van der Waals surface area contributed by atoms with Gasteiger partial charge in [0.05, 0.1) is 19.8 Å². The van der Waals surface area contributed by atoms with Crippen molar-refractivity contribution in [3.05, 3.63) is 29.8 Å². The lowest BCUT2D eigenvalue weighted by atomic mass is 9.98. The molecule has 1 heterocycles. The van der Waals surface area contributed by atoms with Gasteiger partial charge in [0.25, 0.3) is 0 Å². The third kappa shape index (κ3) is 4.99. The smallest absolute Gasteiger partial charge is 0.165 e. The number of hydrogen-bond acceptors (Lipinski definition) is 3. The Bertz CT molecular complexity index is 419. The van der Waals surface area contributed by atoms with E-state index < -0.39 is 5.79 Å². The Labute approximate surface area is 135 Å². The molecule has 22 heavy (non-hydrogen) atoms. The molecule has 3 heteroatoms. The molecule has 124 valence electrons. The van der Waals surface area contributed by atoms with Crippen molar-refractivity contribution in [3.63, 3.8) is 0 Å². The zero-order valence-corrected chi connectivity index (χ0v) is 14.3. The van der Waals surface area contributed by atoms with Gasteiger partial charge in [-0.25, -0.2) is 0 Å². The number of ether oxygens (including phenoxy) is 3. The standard InChI is InChI=1S/C19H30O3/c1-4-6-7-8-13-19(3)21-14-17(15-22-19)16-9-11-18(12-10-16)20-5-2/h9-12,17H,4-8,13-15H2,1-3H3. The second kappa shape index (κ2) is 8.54. The van der Waals surface area contributed by atoms with Crippen molar-refractivity contribution in [1.29, 1.82) is 0 Å². The monoisotopic (exact) mass is 306 g/mol. The Hall–Kier alpha value is -1.06. The van der Waals surface area contributed by atoms with E-state index in [2.05, 4.69) is 26.0 Å². The number of unbranched alkanes of at least 4 members (excludes halogenated alkanes) is 3. The fourth-order valence-electron chi connectivity index (χ4n) is 2.86. The van der Waals surface area contributed by atoms with Crippen LogP contribution in [-0.2, 0) is 9.47 Å². The van der Waals surface area contributed by atoms with E-state index in [0.29, 0.717) is 12.5 Å². The molecule has 1 fully saturated rings. The summed E-state index contributed by atoms with van der Waals surface area (Å²) in [7, 11) is 0. The summed E-state index contributed by atoms with van der Waals surface area (Å²) < 4.78 is 17.6. The van der Waals surface area contributed by atoms with Crippen LogP contribution >= 0.6 is 0 Å². The number of hydrogen-bond donors (Lipinski definition) is 0. The molecule has 0 aliphatic carbocycles. The first kappa shape index (κ1) is 17.3. The minimum Gasteiger partial charge on any atom is -0.494 e. The van der Waals surface area contributed by atoms with Gasteiger partial charge in [-0.2, -0.15) is 0 Å². The summed E-state index contributed by atoms with van der Waals surface area (Å²) in [5, 5.41) is 0. The molecular weight excluding hydrogens is 276 g/mol. The molecule has 0 bridgehead atoms. The molecule has 3 nitrogen and oxygen atoms in total. The summed E-state index contributed by atoms with van der Waals surface area (Å²) >= 11 is 0. The van der Waals surface area contributed by atoms with Crippen molar-refractivity contribution in [3.8, 4) is 5.75 Å². The first-order valence-corrected chi connectivity index (χ1v) is 8.67. The molecule has 1 aliphatic heterocycles. The molecule has 1 aromatic carbocycles. The zero-order chi connectivity index (χ0) is 15.8. The van der Waals surface area contributed by atoms with Gasteiger partial charge in [0.2, 0.25) is 0 Å². The van der Waals surface area contributed by atoms with Gasteiger partial charge in [0.1, 0.15) is 5.75 Å². The van der Waals surface area contributed by atoms with Crippen LogP contribution in [0.1, 0.15) is 64.4 Å². The summed E-state index contributed by atoms with van der Waals surface area (Å²) in [6, 6.07) is 8.29. The zero-order valence-electron chi connectivity index (χ0n) is 14.3. The van der Waals surface area contributed by atoms with Gasteiger partial charge < -0.3 is 14.2 Å². The summed E-state index contributed by atoms with van der Waals surface area (Å²) in [4.78, 5) is 0. The Morgan fingerprint density at radius 1 is 1.05 bits per heavy atom. The van der Waals surface area contributed by atoms with Crippen LogP contribution in [0, 0.1) is 0 Å². The van der Waals surface area contributed by atoms with E-state index in [1.165, 1.54) is 31.2 Å². The van der Waals surface area contributed by atoms with E-state index in [-0.39, 0.29) is 0 Å². The van der Waals surface area contributed by atoms with E-state index in [9.17, 15) is 0 Å². The molecule has 0 saturated carbocycles. The summed E-state index contributed by atoms with van der Waals surface area (Å²) in [5.74, 6) is 0.847. The average molecular weight is 306 g/mol. The number of rotatable bonds is 8. The molecule has 0 radical (unpaired) electrons. The molecule has 1 aliphatic rings. The normalized spacial score (nSPS) is 25.1. The molecule has 0 N–H and O–H groups in total. The van der Waals surface area contributed by atoms with Crippen molar-refractivity contribution < 1.29 is 14.2 Å². The third-order valence-corrected chi connectivity index (χ3v) is 4.33. The van der Waals surface area contributed by atoms with Gasteiger partial charge in [0.15, 0.2) is 5.79 Å². The Morgan fingerprint density at radius 2 is 1.73 bits per heavy atom. The maximum atomic E-state index is 6.04. The molecule has 1 saturated heterocycles. The lowest BCUT2D eigenvalue weighted by molar-refractivity contribution is -0.266. The minimum absolute atomic E-state index is 0.319. The van der Waals surface area contributed by atoms with Crippen LogP contribution in [0.5, 0.6) is 5.75 Å². The van der Waals surface area contributed by atoms with Crippen LogP contribution in [0.25, 0.3) is 0 Å². The Morgan fingerprint density at radius 3 is 2.32 bits per heavy atom. The van der Waals surface area contributed by atoms with Crippen molar-refractivity contribution in [2.24, 2.45) is 0 Å². The van der Waals surface area contributed by atoms with Crippen LogP contribution in [0.2, 0.25) is 0 Å². The maximum absolute atomic E-state index is 6.04. The fourth-order valence-corrected chi connectivity index (χ4v) is 2.86. The van der Waals surface area contributed by atoms with Gasteiger partial charge in [-0.3, -0.25) is 0 Å². The van der Waals surface area contributed by atoms with Crippen LogP contribution in [0.3, 0.4) is 0 Å². The first-order valence-electron chi connectivity index (χ1n) is 8.67. The topological polar surface area (TPSA) is 27.7 Å². The summed E-state index contributed by atoms with van der Waals surface area (Å²) in [6.45, 7) is 8.48. The highest BCUT2D eigenvalue weighted by molar-refractivity contribution is 5.29. The summed E-state index contributed by atoms with van der Waals surface area (Å²) in [5.41, 5.74) is 1.26. The van der Waals surface area contributed by atoms with E-state index in [1.807, 2.05) is 19.1 Å². The third-order valence-electron chi connectivity index (χ3n) is 4.33. The van der Waals surface area contributed by atoms with Gasteiger partial charge in [-0.1, -0.05) is 38.3 Å². The molecule has 0 unspecified atom stereocenters. The largest absolute Gasteiger partial charge is 0.494 e. The van der Waals surface area contributed by atoms with E-state index in [1.54, 1.807) is 0 Å². The Balaban J connectivity index is 1.80. The van der Waals surface area contributed by atoms with Crippen LogP contribution in [0.4, 0.5) is 0 Å². The highest BCUT2D eigenvalue weighted by Crippen LogP contribution is 2.31. The second-order valence-corrected chi connectivity index (χ2v) is 6.27. The van der Waals surface area contributed by atoms with Crippen molar-refractivity contribution in [1.82, 2.24) is 0 Å². The van der Waals surface area contributed by atoms with E-state index >= 15 is 0 Å². The molecule has 0 aromatic heterocycles. The van der Waals surface area contributed by atoms with E-state index in [4.69, 9.17) is 14.2 Å². The fraction of sp³-hybridized carbons (Fsp3) is 0.684. The highest BCUT2D eigenvalue weighted by Gasteiger charge is 2.33. The van der Waals surface area contributed by atoms with Crippen LogP contribution in [-0.4, -0.2) is 25.6 Å². The summed E-state index contributed by atoms with van der Waals surface area (Å²) in [6.07, 6.45) is 5.99. The number of benzene rings is 1. The Kier molecular flexibility index (Phi) is 6.71. The predicted molar refractivity (Wildman–Crippen MR) is 89.4 cm³/mol. The van der Waals surface area contributed by atoms with Gasteiger partial charge in [0, 0.05) is 12.3 Å². The molecular formula is C19H30O3. The van der Waals surface area contributed by atoms with Crippen LogP contribution < -0.4 is 4.74 Å². The minimum atomic E-state index is -0.393. The van der Waals surface area contributed by atoms with Gasteiger partial charge in [-0.15, -0.1) is 0 Å². The quantitative estimate of drug-likeness (QED) is 0.639. The molecule has 0 spiro atoms. The van der Waals surface area contributed by atoms with Crippen molar-refractivity contribution in [2.45, 2.75) is 64.6 Å². The lowest BCUT2D eigenvalue weighted by Crippen LogP contribution is -2.40. The van der Waals surface area contributed by atoms with Crippen molar-refractivity contribution in [2.75, 3.05) is 19.8 Å². The lowest BCUT2D eigenvalue weighted by Gasteiger charge is -2.38. The first-order chi connectivity index (χ1) is 10.7. The average Bonchev–Trinajstić information content (AvgIpc) is 2.54. The molecule has 2 rings (SSSR count). The van der Waals surface area contributed by atoms with E-state index in [0.717, 1.165) is 25.4 Å². The molecule has 0 amide bonds. The molecule has 1 aromatic rings. The van der Waals surface area contributed by atoms with Crippen molar-refractivity contribution >= 4 is 0 Å². The highest BCUT2D eigenvalue weighted by atomic mass is 16.7. The molecule has 0 atom stereocenters. The predicted octanol–water partition coefficient (Wildman–Crippen LogP) is 4.90. The maximum Gasteiger partial charge on any atom is 0.165 e. The second-order valence-electron chi connectivity index (χ2n) is 6.27. The SMILES string of the molecule is CCCCCCC1(C)OCC(c2ccc(OCC)cc2)CO1. The van der Waals surface area contributed by atoms with Crippen LogP contribution in [0.15, 0.2) is 24.3 Å². The van der Waals surface area contributed by atoms with Gasteiger partial charge >= 0.3 is 0 Å².